The van der Waals surface area contributed by atoms with E-state index in [0.717, 1.165) is 12.7 Å². The number of aldehydes is 1. The number of hydrogen-bond acceptors (Lipinski definition) is 2. The summed E-state index contributed by atoms with van der Waals surface area (Å²) in [4.78, 5) is 21.1. The Morgan fingerprint density at radius 3 is 2.67 bits per heavy atom. The number of rotatable bonds is 6. The molecule has 0 saturated carbocycles. The number of ketones is 1. The van der Waals surface area contributed by atoms with Crippen LogP contribution >= 0.6 is 0 Å². The summed E-state index contributed by atoms with van der Waals surface area (Å²) in [5.74, 6) is -0.0706. The van der Waals surface area contributed by atoms with Gasteiger partial charge in [-0.2, -0.15) is 0 Å². The highest BCUT2D eigenvalue weighted by atomic mass is 16.1. The van der Waals surface area contributed by atoms with Gasteiger partial charge in [0.2, 0.25) is 0 Å². The van der Waals surface area contributed by atoms with Crippen LogP contribution in [-0.2, 0) is 9.59 Å². The third-order valence-corrected chi connectivity index (χ3v) is 1.42. The van der Waals surface area contributed by atoms with Gasteiger partial charge in [0.1, 0.15) is 6.29 Å². The maximum Gasteiger partial charge on any atom is 0.180 e. The standard InChI is InChI=1S/C10H14O2/c1-3-4-7-10(12)9(2)6-5-8-11/h4,7-8H,2-3,5-6H2,1H3. The molecule has 0 aliphatic heterocycles. The molecule has 2 heteroatoms. The number of allylic oxidation sites excluding steroid dienone is 3. The average Bonchev–Trinajstić information content (AvgIpc) is 2.10. The van der Waals surface area contributed by atoms with Crippen LogP contribution in [0.2, 0.25) is 0 Å². The predicted octanol–water partition coefficient (Wildman–Crippen LogP) is 2.06. The third-order valence-electron chi connectivity index (χ3n) is 1.42. The summed E-state index contributed by atoms with van der Waals surface area (Å²) in [5, 5.41) is 0. The first-order valence-corrected chi connectivity index (χ1v) is 4.04. The monoisotopic (exact) mass is 166 g/mol. The van der Waals surface area contributed by atoms with Gasteiger partial charge in [0, 0.05) is 6.42 Å². The van der Waals surface area contributed by atoms with E-state index in [1.807, 2.05) is 6.92 Å². The molecule has 12 heavy (non-hydrogen) atoms. The van der Waals surface area contributed by atoms with E-state index in [0.29, 0.717) is 18.4 Å². The van der Waals surface area contributed by atoms with Crippen molar-refractivity contribution in [1.82, 2.24) is 0 Å². The molecule has 0 amide bonds. The molecule has 0 rings (SSSR count). The second-order valence-corrected chi connectivity index (χ2v) is 2.48. The van der Waals surface area contributed by atoms with Gasteiger partial charge in [0.05, 0.1) is 0 Å². The number of carbonyl (C=O) groups excluding carboxylic acids is 2. The lowest BCUT2D eigenvalue weighted by Crippen LogP contribution is -1.97. The Hall–Kier alpha value is -1.18. The smallest absolute Gasteiger partial charge is 0.180 e. The fraction of sp³-hybridized carbons (Fsp3) is 0.400. The Morgan fingerprint density at radius 1 is 1.50 bits per heavy atom. The van der Waals surface area contributed by atoms with Gasteiger partial charge in [-0.3, -0.25) is 4.79 Å². The van der Waals surface area contributed by atoms with Crippen LogP contribution in [0.15, 0.2) is 24.3 Å². The minimum absolute atomic E-state index is 0.0706. The lowest BCUT2D eigenvalue weighted by atomic mass is 10.1. The fourth-order valence-electron chi connectivity index (χ4n) is 0.699. The topological polar surface area (TPSA) is 34.1 Å². The first kappa shape index (κ1) is 10.8. The van der Waals surface area contributed by atoms with Gasteiger partial charge < -0.3 is 4.79 Å². The van der Waals surface area contributed by atoms with Crippen molar-refractivity contribution in [2.45, 2.75) is 26.2 Å². The fourth-order valence-corrected chi connectivity index (χ4v) is 0.699. The van der Waals surface area contributed by atoms with Gasteiger partial charge in [-0.15, -0.1) is 0 Å². The molecule has 0 aromatic rings. The zero-order valence-corrected chi connectivity index (χ0v) is 7.38. The molecule has 0 fully saturated rings. The van der Waals surface area contributed by atoms with Gasteiger partial charge >= 0.3 is 0 Å². The molecule has 0 spiro atoms. The summed E-state index contributed by atoms with van der Waals surface area (Å²) >= 11 is 0. The molecule has 2 nitrogen and oxygen atoms in total. The molecule has 0 aromatic carbocycles. The molecule has 0 radical (unpaired) electrons. The van der Waals surface area contributed by atoms with Crippen LogP contribution in [0, 0.1) is 0 Å². The second-order valence-electron chi connectivity index (χ2n) is 2.48. The summed E-state index contributed by atoms with van der Waals surface area (Å²) in [6, 6.07) is 0. The quantitative estimate of drug-likeness (QED) is 0.447. The van der Waals surface area contributed by atoms with Gasteiger partial charge in [-0.1, -0.05) is 19.6 Å². The molecule has 0 aliphatic carbocycles. The largest absolute Gasteiger partial charge is 0.303 e. The van der Waals surface area contributed by atoms with E-state index in [9.17, 15) is 9.59 Å². The van der Waals surface area contributed by atoms with E-state index in [2.05, 4.69) is 6.58 Å². The molecule has 0 bridgehead atoms. The minimum Gasteiger partial charge on any atom is -0.303 e. The van der Waals surface area contributed by atoms with Crippen LogP contribution in [-0.4, -0.2) is 12.1 Å². The van der Waals surface area contributed by atoms with E-state index in [1.165, 1.54) is 6.08 Å². The van der Waals surface area contributed by atoms with E-state index in [4.69, 9.17) is 0 Å². The van der Waals surface area contributed by atoms with Gasteiger partial charge in [-0.05, 0) is 24.5 Å². The van der Waals surface area contributed by atoms with Crippen LogP contribution in [0.3, 0.4) is 0 Å². The summed E-state index contributed by atoms with van der Waals surface area (Å²) in [6.45, 7) is 5.54. The van der Waals surface area contributed by atoms with Gasteiger partial charge in [-0.25, -0.2) is 0 Å². The highest BCUT2D eigenvalue weighted by Crippen LogP contribution is 2.03. The van der Waals surface area contributed by atoms with Crippen molar-refractivity contribution in [3.63, 3.8) is 0 Å². The molecule has 0 unspecified atom stereocenters. The van der Waals surface area contributed by atoms with Crippen molar-refractivity contribution in [2.24, 2.45) is 0 Å². The molecular weight excluding hydrogens is 152 g/mol. The molecule has 0 aliphatic rings. The van der Waals surface area contributed by atoms with Crippen LogP contribution < -0.4 is 0 Å². The highest BCUT2D eigenvalue weighted by molar-refractivity contribution is 6.03. The zero-order chi connectivity index (χ0) is 9.40. The van der Waals surface area contributed by atoms with Crippen molar-refractivity contribution in [1.29, 1.82) is 0 Å². The van der Waals surface area contributed by atoms with E-state index in [-0.39, 0.29) is 5.78 Å². The molecular formula is C10H14O2. The molecule has 0 aromatic heterocycles. The predicted molar refractivity (Wildman–Crippen MR) is 48.9 cm³/mol. The molecule has 0 N–H and O–H groups in total. The maximum atomic E-state index is 11.1. The SMILES string of the molecule is C=C(CCC=O)C(=O)C=CCC. The lowest BCUT2D eigenvalue weighted by Gasteiger charge is -1.95. The van der Waals surface area contributed by atoms with Crippen molar-refractivity contribution in [3.8, 4) is 0 Å². The Bertz CT molecular complexity index is 202. The highest BCUT2D eigenvalue weighted by Gasteiger charge is 2.00. The van der Waals surface area contributed by atoms with Crippen LogP contribution in [0.4, 0.5) is 0 Å². The Labute approximate surface area is 73.0 Å². The summed E-state index contributed by atoms with van der Waals surface area (Å²) in [5.41, 5.74) is 0.506. The first-order chi connectivity index (χ1) is 5.72. The number of carbonyl (C=O) groups is 2. The molecule has 0 saturated heterocycles. The minimum atomic E-state index is -0.0706. The van der Waals surface area contributed by atoms with E-state index >= 15 is 0 Å². The summed E-state index contributed by atoms with van der Waals surface area (Å²) in [7, 11) is 0. The van der Waals surface area contributed by atoms with Gasteiger partial charge in [0.25, 0.3) is 0 Å². The molecule has 66 valence electrons. The first-order valence-electron chi connectivity index (χ1n) is 4.04. The Kier molecular flexibility index (Phi) is 5.88. The van der Waals surface area contributed by atoms with Crippen molar-refractivity contribution in [2.75, 3.05) is 0 Å². The van der Waals surface area contributed by atoms with Crippen molar-refractivity contribution >= 4 is 12.1 Å². The summed E-state index contributed by atoms with van der Waals surface area (Å²) < 4.78 is 0. The Morgan fingerprint density at radius 2 is 2.17 bits per heavy atom. The molecule has 0 atom stereocenters. The lowest BCUT2D eigenvalue weighted by molar-refractivity contribution is -0.111. The van der Waals surface area contributed by atoms with Crippen molar-refractivity contribution in [3.05, 3.63) is 24.3 Å². The second kappa shape index (κ2) is 6.53. The van der Waals surface area contributed by atoms with Crippen molar-refractivity contribution < 1.29 is 9.59 Å². The van der Waals surface area contributed by atoms with Gasteiger partial charge in [0.15, 0.2) is 5.78 Å². The Balaban J connectivity index is 3.85. The third kappa shape index (κ3) is 4.61. The average molecular weight is 166 g/mol. The van der Waals surface area contributed by atoms with E-state index in [1.54, 1.807) is 6.08 Å². The van der Waals surface area contributed by atoms with Crippen LogP contribution in [0.25, 0.3) is 0 Å². The zero-order valence-electron chi connectivity index (χ0n) is 7.38. The van der Waals surface area contributed by atoms with Crippen LogP contribution in [0.1, 0.15) is 26.2 Å². The normalized spacial score (nSPS) is 10.1. The van der Waals surface area contributed by atoms with Crippen LogP contribution in [0.5, 0.6) is 0 Å². The summed E-state index contributed by atoms with van der Waals surface area (Å²) in [6.07, 6.45) is 5.77. The number of hydrogen-bond donors (Lipinski definition) is 0. The molecule has 0 heterocycles. The maximum absolute atomic E-state index is 11.1. The van der Waals surface area contributed by atoms with E-state index < -0.39 is 0 Å².